The smallest absolute Gasteiger partial charge is 0.388 e. The number of methoxy groups -OCH3 is 2. The van der Waals surface area contributed by atoms with Gasteiger partial charge in [-0.15, -0.1) is 0 Å². The van der Waals surface area contributed by atoms with Gasteiger partial charge in [0.15, 0.2) is 23.0 Å². The molecule has 2 aromatic rings. The van der Waals surface area contributed by atoms with Gasteiger partial charge in [-0.3, -0.25) is 10.6 Å². The lowest BCUT2D eigenvalue weighted by molar-refractivity contribution is -0.721. The lowest BCUT2D eigenvalue weighted by Gasteiger charge is -2.07. The van der Waals surface area contributed by atoms with Crippen LogP contribution in [0.25, 0.3) is 0 Å². The van der Waals surface area contributed by atoms with E-state index in [0.29, 0.717) is 34.1 Å². The topological polar surface area (TPSA) is 103 Å². The van der Waals surface area contributed by atoms with Crippen LogP contribution in [0, 0.1) is 0 Å². The Bertz CT molecular complexity index is 834. The minimum Gasteiger partial charge on any atom is -0.493 e. The molecule has 130 valence electrons. The molecule has 1 heterocycles. The Labute approximate surface area is 143 Å². The van der Waals surface area contributed by atoms with E-state index in [9.17, 15) is 4.79 Å². The summed E-state index contributed by atoms with van der Waals surface area (Å²) in [5, 5.41) is 2.43. The number of nitrogen functional groups attached to an aromatic ring is 1. The van der Waals surface area contributed by atoms with Crippen LogP contribution in [0.15, 0.2) is 36.4 Å². The Morgan fingerprint density at radius 1 is 1.00 bits per heavy atom. The molecule has 2 aromatic carbocycles. The summed E-state index contributed by atoms with van der Waals surface area (Å²) in [5.74, 6) is 1.69. The minimum absolute atomic E-state index is 0.131. The van der Waals surface area contributed by atoms with Gasteiger partial charge in [-0.25, -0.2) is 4.79 Å². The average molecular weight is 345 g/mol. The maximum atomic E-state index is 12.1. The summed E-state index contributed by atoms with van der Waals surface area (Å²) < 4.78 is 20.8. The molecule has 0 atom stereocenters. The number of carbonyl (C=O) groups is 1. The number of hydrogen-bond donors (Lipinski definition) is 2. The first kappa shape index (κ1) is 16.4. The zero-order valence-corrected chi connectivity index (χ0v) is 13.7. The van der Waals surface area contributed by atoms with Crippen LogP contribution in [0.4, 0.5) is 0 Å². The average Bonchev–Trinajstić information content (AvgIpc) is 3.12. The van der Waals surface area contributed by atoms with Crippen molar-refractivity contribution >= 4 is 11.8 Å². The van der Waals surface area contributed by atoms with Gasteiger partial charge in [-0.2, -0.15) is 0 Å². The van der Waals surface area contributed by atoms with Gasteiger partial charge in [0.1, 0.15) is 0 Å². The van der Waals surface area contributed by atoms with E-state index in [1.165, 1.54) is 14.2 Å². The van der Waals surface area contributed by atoms with E-state index in [4.69, 9.17) is 29.5 Å². The molecule has 0 unspecified atom stereocenters. The summed E-state index contributed by atoms with van der Waals surface area (Å²) in [5.41, 5.74) is 6.80. The molecule has 3 rings (SSSR count). The van der Waals surface area contributed by atoms with E-state index >= 15 is 0 Å². The number of rotatable bonds is 5. The second kappa shape index (κ2) is 7.00. The number of amidine groups is 1. The molecule has 3 N–H and O–H groups in total. The Balaban J connectivity index is 1.73. The quantitative estimate of drug-likeness (QED) is 0.340. The third kappa shape index (κ3) is 3.42. The monoisotopic (exact) mass is 345 g/mol. The van der Waals surface area contributed by atoms with Crippen molar-refractivity contribution in [3.63, 3.8) is 0 Å². The molecule has 0 spiro atoms. The van der Waals surface area contributed by atoms with Crippen molar-refractivity contribution in [3.05, 3.63) is 47.5 Å². The number of nitrogens with one attached hydrogen (secondary N) is 1. The van der Waals surface area contributed by atoms with Crippen molar-refractivity contribution in [2.75, 3.05) is 21.0 Å². The summed E-state index contributed by atoms with van der Waals surface area (Å²) in [6.45, 7) is 0.131. The van der Waals surface area contributed by atoms with Crippen LogP contribution < -0.4 is 29.8 Å². The van der Waals surface area contributed by atoms with Crippen LogP contribution >= 0.6 is 0 Å². The fourth-order valence-corrected chi connectivity index (χ4v) is 2.25. The molecule has 0 aliphatic carbocycles. The van der Waals surface area contributed by atoms with E-state index in [1.54, 1.807) is 36.4 Å². The third-order valence-corrected chi connectivity index (χ3v) is 3.56. The molecule has 0 radical (unpaired) electrons. The fraction of sp³-hybridized carbons (Fsp3) is 0.176. The zero-order chi connectivity index (χ0) is 17.8. The highest BCUT2D eigenvalue weighted by Crippen LogP contribution is 2.32. The number of ether oxygens (including phenoxy) is 4. The predicted octanol–water partition coefficient (Wildman–Crippen LogP) is -0.00960. The highest BCUT2D eigenvalue weighted by molar-refractivity contribution is 5.94. The second-order valence-corrected chi connectivity index (χ2v) is 5.04. The van der Waals surface area contributed by atoms with Crippen molar-refractivity contribution < 1.29 is 33.7 Å². The Morgan fingerprint density at radius 2 is 1.72 bits per heavy atom. The molecule has 0 amide bonds. The number of hydrogen-bond acceptors (Lipinski definition) is 6. The minimum atomic E-state index is -0.610. The van der Waals surface area contributed by atoms with E-state index in [1.807, 2.05) is 0 Å². The summed E-state index contributed by atoms with van der Waals surface area (Å²) in [6.07, 6.45) is 0. The van der Waals surface area contributed by atoms with Crippen molar-refractivity contribution in [2.45, 2.75) is 0 Å². The van der Waals surface area contributed by atoms with E-state index in [2.05, 4.69) is 5.16 Å². The van der Waals surface area contributed by atoms with Crippen LogP contribution in [0.2, 0.25) is 0 Å². The van der Waals surface area contributed by atoms with Gasteiger partial charge in [0.2, 0.25) is 6.79 Å². The summed E-state index contributed by atoms with van der Waals surface area (Å²) in [4.78, 5) is 17.1. The van der Waals surface area contributed by atoms with Gasteiger partial charge in [0.25, 0.3) is 0 Å². The molecule has 0 fully saturated rings. The van der Waals surface area contributed by atoms with Gasteiger partial charge >= 0.3 is 11.8 Å². The lowest BCUT2D eigenvalue weighted by Crippen LogP contribution is -2.75. The second-order valence-electron chi connectivity index (χ2n) is 5.04. The first-order valence-electron chi connectivity index (χ1n) is 7.34. The summed E-state index contributed by atoms with van der Waals surface area (Å²) in [6, 6.07) is 9.82. The van der Waals surface area contributed by atoms with Crippen LogP contribution in [0.5, 0.6) is 23.0 Å². The highest BCUT2D eigenvalue weighted by Gasteiger charge is 2.18. The third-order valence-electron chi connectivity index (χ3n) is 3.56. The van der Waals surface area contributed by atoms with E-state index < -0.39 is 5.97 Å². The van der Waals surface area contributed by atoms with Crippen molar-refractivity contribution in [1.29, 1.82) is 0 Å². The molecule has 8 heteroatoms. The molecule has 8 nitrogen and oxygen atoms in total. The number of carbonyl (C=O) groups excluding carboxylic acids is 1. The molecule has 0 saturated heterocycles. The van der Waals surface area contributed by atoms with Gasteiger partial charge in [0, 0.05) is 0 Å². The molecule has 0 aromatic heterocycles. The van der Waals surface area contributed by atoms with Crippen LogP contribution in [-0.4, -0.2) is 32.8 Å². The first-order valence-corrected chi connectivity index (χ1v) is 7.34. The normalized spacial score (nSPS) is 12.6. The fourth-order valence-electron chi connectivity index (χ4n) is 2.25. The van der Waals surface area contributed by atoms with E-state index in [-0.39, 0.29) is 12.6 Å². The van der Waals surface area contributed by atoms with Gasteiger partial charge in [-0.05, 0) is 36.4 Å². The Kier molecular flexibility index (Phi) is 4.60. The summed E-state index contributed by atoms with van der Waals surface area (Å²) in [7, 11) is 3.06. The number of benzene rings is 2. The number of fused-ring (bicyclic) bond motifs is 1. The predicted molar refractivity (Wildman–Crippen MR) is 86.8 cm³/mol. The molecular weight excluding hydrogens is 328 g/mol. The standard InChI is InChI=1S/C17H16N2O6/c1-21-12-5-3-10(7-14(12)22-2)16(18)19-25-17(20)11-4-6-13-15(8-11)24-9-23-13/h3-8H,9H2,1-2H3,(H2,18,19)/p+1. The largest absolute Gasteiger partial charge is 0.493 e. The van der Waals surface area contributed by atoms with Gasteiger partial charge in [0.05, 0.1) is 25.3 Å². The summed E-state index contributed by atoms with van der Waals surface area (Å²) >= 11 is 0. The van der Waals surface area contributed by atoms with Gasteiger partial charge in [-0.1, -0.05) is 5.16 Å². The van der Waals surface area contributed by atoms with Crippen LogP contribution in [0.3, 0.4) is 0 Å². The highest BCUT2D eigenvalue weighted by atomic mass is 16.7. The van der Waals surface area contributed by atoms with E-state index in [0.717, 1.165) is 0 Å². The van der Waals surface area contributed by atoms with Gasteiger partial charge < -0.3 is 18.9 Å². The maximum absolute atomic E-state index is 12.1. The Morgan fingerprint density at radius 3 is 2.48 bits per heavy atom. The van der Waals surface area contributed by atoms with Crippen molar-refractivity contribution in [3.8, 4) is 23.0 Å². The molecule has 25 heavy (non-hydrogen) atoms. The lowest BCUT2D eigenvalue weighted by atomic mass is 10.2. The van der Waals surface area contributed by atoms with Crippen molar-refractivity contribution in [1.82, 2.24) is 0 Å². The molecule has 0 bridgehead atoms. The van der Waals surface area contributed by atoms with Crippen LogP contribution in [0.1, 0.15) is 15.9 Å². The molecular formula is C17H17N2O6+. The molecule has 1 aliphatic rings. The molecule has 0 saturated carbocycles. The Hall–Kier alpha value is -3.42. The first-order chi connectivity index (χ1) is 12.1. The SMILES string of the molecule is COc1ccc(C(N)=[NH+]OC(=O)c2ccc3c(c2)OCO3)cc1OC. The van der Waals surface area contributed by atoms with Crippen LogP contribution in [-0.2, 0) is 4.84 Å². The van der Waals surface area contributed by atoms with Crippen molar-refractivity contribution in [2.24, 2.45) is 5.73 Å². The number of nitrogens with two attached hydrogens (primary N) is 1. The molecule has 1 aliphatic heterocycles. The maximum Gasteiger partial charge on any atom is 0.388 e. The zero-order valence-electron chi connectivity index (χ0n) is 13.7.